The van der Waals surface area contributed by atoms with Crippen LogP contribution in [0, 0.1) is 0 Å². The van der Waals surface area contributed by atoms with E-state index >= 15 is 0 Å². The highest BCUT2D eigenvalue weighted by molar-refractivity contribution is 5.84. The van der Waals surface area contributed by atoms with Crippen LogP contribution in [0.1, 0.15) is 26.6 Å². The van der Waals surface area contributed by atoms with Crippen molar-refractivity contribution < 1.29 is 9.53 Å². The molecular weight excluding hydrogens is 258 g/mol. The van der Waals surface area contributed by atoms with E-state index in [2.05, 4.69) is 25.9 Å². The van der Waals surface area contributed by atoms with Gasteiger partial charge in [-0.3, -0.25) is 4.79 Å². The number of hydrogen-bond acceptors (Lipinski definition) is 6. The Balaban J connectivity index is 2.80. The third-order valence-electron chi connectivity index (χ3n) is 2.49. The molecule has 0 aliphatic rings. The van der Waals surface area contributed by atoms with Gasteiger partial charge in [-0.2, -0.15) is 0 Å². The zero-order chi connectivity index (χ0) is 15.1. The Bertz CT molecular complexity index is 450. The Morgan fingerprint density at radius 3 is 2.50 bits per heavy atom. The van der Waals surface area contributed by atoms with Gasteiger partial charge in [0.1, 0.15) is 24.3 Å². The fourth-order valence-electron chi connectivity index (χ4n) is 1.59. The van der Waals surface area contributed by atoms with Crippen molar-refractivity contribution in [1.82, 2.24) is 15.3 Å². The molecule has 3 N–H and O–H groups in total. The summed E-state index contributed by atoms with van der Waals surface area (Å²) in [6.07, 6.45) is 0. The van der Waals surface area contributed by atoms with Crippen LogP contribution in [0.4, 0.5) is 11.6 Å². The van der Waals surface area contributed by atoms with Crippen molar-refractivity contribution in [3.05, 3.63) is 11.9 Å². The SMILES string of the molecule is CNc1cc(NC(C)C(=O)NC(C)C)nc(COC)n1. The van der Waals surface area contributed by atoms with Gasteiger partial charge in [0.25, 0.3) is 0 Å². The summed E-state index contributed by atoms with van der Waals surface area (Å²) in [4.78, 5) is 20.4. The third kappa shape index (κ3) is 5.00. The lowest BCUT2D eigenvalue weighted by atomic mass is 10.3. The van der Waals surface area contributed by atoms with Crippen molar-refractivity contribution in [2.75, 3.05) is 24.8 Å². The first-order chi connectivity index (χ1) is 9.46. The number of carbonyl (C=O) groups excluding carboxylic acids is 1. The van der Waals surface area contributed by atoms with E-state index in [1.807, 2.05) is 13.8 Å². The minimum Gasteiger partial charge on any atom is -0.377 e. The molecule has 0 fully saturated rings. The number of carbonyl (C=O) groups is 1. The van der Waals surface area contributed by atoms with E-state index in [1.165, 1.54) is 0 Å². The molecule has 1 atom stereocenters. The smallest absolute Gasteiger partial charge is 0.242 e. The Labute approximate surface area is 119 Å². The summed E-state index contributed by atoms with van der Waals surface area (Å²) in [5.74, 6) is 1.74. The lowest BCUT2D eigenvalue weighted by Crippen LogP contribution is -2.41. The molecule has 1 rings (SSSR count). The molecule has 0 spiro atoms. The van der Waals surface area contributed by atoms with Crippen molar-refractivity contribution in [1.29, 1.82) is 0 Å². The second kappa shape index (κ2) is 7.64. The van der Waals surface area contributed by atoms with Crippen LogP contribution in [0.15, 0.2) is 6.07 Å². The number of nitrogens with one attached hydrogen (secondary N) is 3. The molecule has 0 aliphatic carbocycles. The minimum atomic E-state index is -0.382. The van der Waals surface area contributed by atoms with E-state index < -0.39 is 0 Å². The topological polar surface area (TPSA) is 88.2 Å². The molecular formula is C13H23N5O2. The Hall–Kier alpha value is -1.89. The minimum absolute atomic E-state index is 0.0714. The molecule has 0 saturated carbocycles. The number of ether oxygens (including phenoxy) is 1. The summed E-state index contributed by atoms with van der Waals surface area (Å²) in [6.45, 7) is 5.95. The second-order valence-electron chi connectivity index (χ2n) is 4.77. The second-order valence-corrected chi connectivity index (χ2v) is 4.77. The maximum absolute atomic E-state index is 11.9. The molecule has 0 aromatic carbocycles. The zero-order valence-corrected chi connectivity index (χ0v) is 12.7. The monoisotopic (exact) mass is 281 g/mol. The zero-order valence-electron chi connectivity index (χ0n) is 12.7. The third-order valence-corrected chi connectivity index (χ3v) is 2.49. The fraction of sp³-hybridized carbons (Fsp3) is 0.615. The molecule has 1 unspecified atom stereocenters. The molecule has 1 aromatic heterocycles. The van der Waals surface area contributed by atoms with E-state index in [4.69, 9.17) is 4.74 Å². The standard InChI is InChI=1S/C13H23N5O2/c1-8(2)15-13(19)9(3)16-11-6-10(14-4)17-12(18-11)7-20-5/h6,8-9H,7H2,1-5H3,(H,15,19)(H2,14,16,17,18). The Morgan fingerprint density at radius 2 is 1.95 bits per heavy atom. The summed E-state index contributed by atoms with van der Waals surface area (Å²) < 4.78 is 5.03. The van der Waals surface area contributed by atoms with E-state index in [9.17, 15) is 4.79 Å². The normalized spacial score (nSPS) is 12.1. The van der Waals surface area contributed by atoms with Crippen molar-refractivity contribution in [3.8, 4) is 0 Å². The van der Waals surface area contributed by atoms with Crippen LogP contribution < -0.4 is 16.0 Å². The van der Waals surface area contributed by atoms with Gasteiger partial charge < -0.3 is 20.7 Å². The highest BCUT2D eigenvalue weighted by Gasteiger charge is 2.14. The number of anilines is 2. The maximum Gasteiger partial charge on any atom is 0.242 e. The van der Waals surface area contributed by atoms with Gasteiger partial charge in [0.2, 0.25) is 5.91 Å². The number of amides is 1. The molecule has 1 amide bonds. The number of aromatic nitrogens is 2. The number of hydrogen-bond donors (Lipinski definition) is 3. The summed E-state index contributed by atoms with van der Waals surface area (Å²) in [7, 11) is 3.36. The van der Waals surface area contributed by atoms with Gasteiger partial charge in [-0.15, -0.1) is 0 Å². The van der Waals surface area contributed by atoms with Gasteiger partial charge in [-0.1, -0.05) is 0 Å². The van der Waals surface area contributed by atoms with Gasteiger partial charge in [0.05, 0.1) is 0 Å². The molecule has 0 saturated heterocycles. The van der Waals surface area contributed by atoms with E-state index in [1.54, 1.807) is 27.1 Å². The average molecular weight is 281 g/mol. The van der Waals surface area contributed by atoms with Crippen LogP contribution in [-0.2, 0) is 16.1 Å². The predicted octanol–water partition coefficient (Wildman–Crippen LogP) is 0.990. The van der Waals surface area contributed by atoms with Gasteiger partial charge in [0.15, 0.2) is 5.82 Å². The predicted molar refractivity (Wildman–Crippen MR) is 78.7 cm³/mol. The lowest BCUT2D eigenvalue weighted by molar-refractivity contribution is -0.122. The first-order valence-electron chi connectivity index (χ1n) is 6.57. The molecule has 7 nitrogen and oxygen atoms in total. The molecule has 0 aliphatic heterocycles. The van der Waals surface area contributed by atoms with Gasteiger partial charge in [0, 0.05) is 26.3 Å². The van der Waals surface area contributed by atoms with Crippen molar-refractivity contribution in [2.24, 2.45) is 0 Å². The highest BCUT2D eigenvalue weighted by Crippen LogP contribution is 2.12. The van der Waals surface area contributed by atoms with Crippen molar-refractivity contribution in [3.63, 3.8) is 0 Å². The van der Waals surface area contributed by atoms with Gasteiger partial charge in [-0.05, 0) is 20.8 Å². The van der Waals surface area contributed by atoms with Crippen LogP contribution >= 0.6 is 0 Å². The van der Waals surface area contributed by atoms with Crippen molar-refractivity contribution >= 4 is 17.5 Å². The molecule has 20 heavy (non-hydrogen) atoms. The summed E-state index contributed by atoms with van der Waals surface area (Å²) in [5, 5.41) is 8.86. The maximum atomic E-state index is 11.9. The van der Waals surface area contributed by atoms with Crippen LogP contribution in [0.3, 0.4) is 0 Å². The van der Waals surface area contributed by atoms with Crippen LogP contribution in [0.2, 0.25) is 0 Å². The molecule has 1 aromatic rings. The van der Waals surface area contributed by atoms with E-state index in [-0.39, 0.29) is 18.0 Å². The van der Waals surface area contributed by atoms with Gasteiger partial charge in [-0.25, -0.2) is 9.97 Å². The molecule has 112 valence electrons. The quantitative estimate of drug-likeness (QED) is 0.691. The van der Waals surface area contributed by atoms with Gasteiger partial charge >= 0.3 is 0 Å². The molecule has 1 heterocycles. The Kier molecular flexibility index (Phi) is 6.17. The lowest BCUT2D eigenvalue weighted by Gasteiger charge is -2.17. The van der Waals surface area contributed by atoms with E-state index in [0.29, 0.717) is 24.1 Å². The van der Waals surface area contributed by atoms with Crippen LogP contribution in [0.25, 0.3) is 0 Å². The first-order valence-corrected chi connectivity index (χ1v) is 6.57. The van der Waals surface area contributed by atoms with Crippen molar-refractivity contribution in [2.45, 2.75) is 39.5 Å². The Morgan fingerprint density at radius 1 is 1.30 bits per heavy atom. The molecule has 7 heteroatoms. The first kappa shape index (κ1) is 16.2. The number of methoxy groups -OCH3 is 1. The largest absolute Gasteiger partial charge is 0.377 e. The van der Waals surface area contributed by atoms with E-state index in [0.717, 1.165) is 0 Å². The molecule has 0 radical (unpaired) electrons. The van der Waals surface area contributed by atoms with Crippen LogP contribution in [0.5, 0.6) is 0 Å². The molecule has 0 bridgehead atoms. The summed E-state index contributed by atoms with van der Waals surface area (Å²) in [6, 6.07) is 1.47. The number of rotatable bonds is 7. The fourth-order valence-corrected chi connectivity index (χ4v) is 1.59. The highest BCUT2D eigenvalue weighted by atomic mass is 16.5. The average Bonchev–Trinajstić information content (AvgIpc) is 2.37. The summed E-state index contributed by atoms with van der Waals surface area (Å²) >= 11 is 0. The summed E-state index contributed by atoms with van der Waals surface area (Å²) in [5.41, 5.74) is 0. The number of nitrogens with zero attached hydrogens (tertiary/aromatic N) is 2. The van der Waals surface area contributed by atoms with Crippen LogP contribution in [-0.4, -0.2) is 42.1 Å².